The number of benzene rings is 1. The molecule has 174 valence electrons. The van der Waals surface area contributed by atoms with Crippen molar-refractivity contribution in [1.82, 2.24) is 14.9 Å². The van der Waals surface area contributed by atoms with Gasteiger partial charge in [0.25, 0.3) is 0 Å². The van der Waals surface area contributed by atoms with E-state index in [1.54, 1.807) is 52.1 Å². The molecule has 0 unspecified atom stereocenters. The summed E-state index contributed by atoms with van der Waals surface area (Å²) in [6.07, 6.45) is 5.23. The van der Waals surface area contributed by atoms with Gasteiger partial charge in [0.1, 0.15) is 0 Å². The van der Waals surface area contributed by atoms with E-state index in [0.717, 1.165) is 11.4 Å². The van der Waals surface area contributed by atoms with Crippen LogP contribution in [0, 0.1) is 0 Å². The molecule has 33 heavy (non-hydrogen) atoms. The van der Waals surface area contributed by atoms with Crippen LogP contribution in [-0.4, -0.2) is 42.7 Å². The molecule has 3 rings (SSSR count). The minimum Gasteiger partial charge on any atom is -0.493 e. The second-order valence-corrected chi connectivity index (χ2v) is 7.28. The fourth-order valence-electron chi connectivity index (χ4n) is 3.38. The summed E-state index contributed by atoms with van der Waals surface area (Å²) in [5.74, 6) is 7.79. The van der Waals surface area contributed by atoms with Crippen LogP contribution in [-0.2, 0) is 13.1 Å². The summed E-state index contributed by atoms with van der Waals surface area (Å²) in [7, 11) is 4.66. The highest BCUT2D eigenvalue weighted by Gasteiger charge is 2.16. The van der Waals surface area contributed by atoms with Crippen LogP contribution in [0.15, 0.2) is 72.8 Å². The third-order valence-corrected chi connectivity index (χ3v) is 4.88. The summed E-state index contributed by atoms with van der Waals surface area (Å²) < 4.78 is 16.2. The van der Waals surface area contributed by atoms with Crippen molar-refractivity contribution in [3.05, 3.63) is 84.2 Å². The van der Waals surface area contributed by atoms with Crippen molar-refractivity contribution in [2.75, 3.05) is 32.9 Å². The molecule has 3 aromatic rings. The average Bonchev–Trinajstić information content (AvgIpc) is 2.84. The van der Waals surface area contributed by atoms with E-state index in [-0.39, 0.29) is 0 Å². The predicted molar refractivity (Wildman–Crippen MR) is 128 cm³/mol. The van der Waals surface area contributed by atoms with Crippen LogP contribution in [0.4, 0.5) is 5.69 Å². The van der Waals surface area contributed by atoms with Crippen molar-refractivity contribution >= 4 is 5.69 Å². The van der Waals surface area contributed by atoms with Crippen LogP contribution in [0.3, 0.4) is 0 Å². The van der Waals surface area contributed by atoms with Crippen LogP contribution in [0.25, 0.3) is 0 Å². The number of hydrogen-bond acceptors (Lipinski definition) is 9. The molecule has 9 nitrogen and oxygen atoms in total. The summed E-state index contributed by atoms with van der Waals surface area (Å²) in [6, 6.07) is 15.2. The first-order valence-electron chi connectivity index (χ1n) is 10.4. The van der Waals surface area contributed by atoms with Gasteiger partial charge in [0.2, 0.25) is 5.75 Å². The number of methoxy groups -OCH3 is 3. The van der Waals surface area contributed by atoms with Crippen LogP contribution >= 0.6 is 0 Å². The lowest BCUT2D eigenvalue weighted by Gasteiger charge is -2.23. The second-order valence-electron chi connectivity index (χ2n) is 7.28. The average molecular weight is 451 g/mol. The maximum absolute atomic E-state index is 6.39. The van der Waals surface area contributed by atoms with E-state index in [9.17, 15) is 0 Å². The smallest absolute Gasteiger partial charge is 0.203 e. The quantitative estimate of drug-likeness (QED) is 0.336. The topological polar surface area (TPSA) is 112 Å². The third-order valence-electron chi connectivity index (χ3n) is 4.88. The minimum absolute atomic E-state index is 0.464. The lowest BCUT2D eigenvalue weighted by atomic mass is 10.2. The summed E-state index contributed by atoms with van der Waals surface area (Å²) in [4.78, 5) is 11.0. The lowest BCUT2D eigenvalue weighted by molar-refractivity contribution is 0.271. The molecule has 4 N–H and O–H groups in total. The van der Waals surface area contributed by atoms with Gasteiger partial charge in [0, 0.05) is 56.1 Å². The Kier molecular flexibility index (Phi) is 8.45. The molecular formula is C24H30N6O3. The summed E-state index contributed by atoms with van der Waals surface area (Å²) in [6.45, 7) is 1.69. The molecular weight excluding hydrogens is 420 g/mol. The molecule has 0 saturated carbocycles. The zero-order valence-electron chi connectivity index (χ0n) is 19.1. The molecule has 0 amide bonds. The van der Waals surface area contributed by atoms with Crippen LogP contribution < -0.4 is 30.8 Å². The predicted octanol–water partition coefficient (Wildman–Crippen LogP) is 2.68. The third kappa shape index (κ3) is 6.58. The number of anilines is 1. The van der Waals surface area contributed by atoms with E-state index in [2.05, 4.69) is 14.9 Å². The standard InChI is InChI=1S/C24H30N6O3/c1-31-22-12-21(13-23(32-2)24(22)33-3)30(26)15-18(25)14-29(16-19-8-4-6-10-27-19)17-20-9-5-7-11-28-20/h4-13,15H,14,16-17,25-26H2,1-3H3/b18-15-. The molecule has 0 saturated heterocycles. The zero-order valence-corrected chi connectivity index (χ0v) is 19.1. The molecule has 2 aromatic heterocycles. The molecule has 9 heteroatoms. The number of hydrazine groups is 1. The number of ether oxygens (including phenoxy) is 3. The Balaban J connectivity index is 1.80. The van der Waals surface area contributed by atoms with Gasteiger partial charge in [-0.3, -0.25) is 19.9 Å². The van der Waals surface area contributed by atoms with Gasteiger partial charge in [-0.25, -0.2) is 5.84 Å². The number of pyridine rings is 2. The van der Waals surface area contributed by atoms with Gasteiger partial charge in [-0.15, -0.1) is 0 Å². The van der Waals surface area contributed by atoms with Crippen LogP contribution in [0.5, 0.6) is 17.2 Å². The SMILES string of the molecule is COc1cc(N(N)/C=C(\N)CN(Cc2ccccn2)Cc2ccccn2)cc(OC)c1OC. The van der Waals surface area contributed by atoms with Crippen molar-refractivity contribution in [3.8, 4) is 17.2 Å². The van der Waals surface area contributed by atoms with Crippen LogP contribution in [0.2, 0.25) is 0 Å². The molecule has 0 fully saturated rings. The largest absolute Gasteiger partial charge is 0.493 e. The van der Waals surface area contributed by atoms with E-state index in [1.807, 2.05) is 36.4 Å². The summed E-state index contributed by atoms with van der Waals surface area (Å²) >= 11 is 0. The van der Waals surface area contributed by atoms with E-state index < -0.39 is 0 Å². The highest BCUT2D eigenvalue weighted by Crippen LogP contribution is 2.40. The molecule has 0 aliphatic carbocycles. The van der Waals surface area contributed by atoms with Gasteiger partial charge in [-0.2, -0.15) is 0 Å². The molecule has 0 aliphatic heterocycles. The number of rotatable bonds is 11. The Labute approximate surface area is 194 Å². The maximum atomic E-state index is 6.39. The summed E-state index contributed by atoms with van der Waals surface area (Å²) in [5.41, 5.74) is 9.47. The normalized spacial score (nSPS) is 11.4. The van der Waals surface area contributed by atoms with Crippen molar-refractivity contribution in [2.45, 2.75) is 13.1 Å². The van der Waals surface area contributed by atoms with Gasteiger partial charge >= 0.3 is 0 Å². The Hall–Kier alpha value is -3.82. The van der Waals surface area contributed by atoms with E-state index in [1.165, 1.54) is 5.01 Å². The van der Waals surface area contributed by atoms with Gasteiger partial charge in [-0.05, 0) is 24.3 Å². The monoisotopic (exact) mass is 450 g/mol. The lowest BCUT2D eigenvalue weighted by Crippen LogP contribution is -2.31. The first kappa shape index (κ1) is 23.8. The highest BCUT2D eigenvalue weighted by molar-refractivity contribution is 5.64. The molecule has 0 bridgehead atoms. The van der Waals surface area contributed by atoms with Crippen LogP contribution in [0.1, 0.15) is 11.4 Å². The van der Waals surface area contributed by atoms with E-state index in [0.29, 0.717) is 48.3 Å². The van der Waals surface area contributed by atoms with Crippen molar-refractivity contribution in [2.24, 2.45) is 11.6 Å². The molecule has 0 atom stereocenters. The van der Waals surface area contributed by atoms with Crippen molar-refractivity contribution in [3.63, 3.8) is 0 Å². The number of nitrogens with two attached hydrogens (primary N) is 2. The molecule has 0 aliphatic rings. The zero-order chi connectivity index (χ0) is 23.6. The Morgan fingerprint density at radius 3 is 1.85 bits per heavy atom. The van der Waals surface area contributed by atoms with Crippen molar-refractivity contribution < 1.29 is 14.2 Å². The second kappa shape index (κ2) is 11.7. The number of nitrogens with zero attached hydrogens (tertiary/aromatic N) is 4. The Morgan fingerprint density at radius 2 is 1.42 bits per heavy atom. The molecule has 2 heterocycles. The number of hydrogen-bond donors (Lipinski definition) is 2. The molecule has 0 radical (unpaired) electrons. The fourth-order valence-corrected chi connectivity index (χ4v) is 3.38. The number of aromatic nitrogens is 2. The van der Waals surface area contributed by atoms with E-state index in [4.69, 9.17) is 25.8 Å². The molecule has 1 aromatic carbocycles. The first-order valence-corrected chi connectivity index (χ1v) is 10.4. The van der Waals surface area contributed by atoms with Gasteiger partial charge in [0.05, 0.1) is 38.4 Å². The summed E-state index contributed by atoms with van der Waals surface area (Å²) in [5, 5.41) is 1.43. The Morgan fingerprint density at radius 1 is 0.879 bits per heavy atom. The van der Waals surface area contributed by atoms with E-state index >= 15 is 0 Å². The minimum atomic E-state index is 0.464. The highest BCUT2D eigenvalue weighted by atomic mass is 16.5. The van der Waals surface area contributed by atoms with Gasteiger partial charge < -0.3 is 19.9 Å². The maximum Gasteiger partial charge on any atom is 0.203 e. The van der Waals surface area contributed by atoms with Gasteiger partial charge in [0.15, 0.2) is 11.5 Å². The fraction of sp³-hybridized carbons (Fsp3) is 0.250. The first-order chi connectivity index (χ1) is 16.0. The van der Waals surface area contributed by atoms with Gasteiger partial charge in [-0.1, -0.05) is 12.1 Å². The Bertz CT molecular complexity index is 980. The molecule has 0 spiro atoms. The van der Waals surface area contributed by atoms with Crippen molar-refractivity contribution in [1.29, 1.82) is 0 Å².